The van der Waals surface area contributed by atoms with Gasteiger partial charge in [0.2, 0.25) is 0 Å². The van der Waals surface area contributed by atoms with Gasteiger partial charge < -0.3 is 39.0 Å². The molecule has 4 aromatic rings. The molecule has 3 fully saturated rings. The molecule has 0 aliphatic carbocycles. The van der Waals surface area contributed by atoms with Crippen LogP contribution in [0.1, 0.15) is 12.5 Å². The predicted molar refractivity (Wildman–Crippen MR) is 149 cm³/mol. The predicted octanol–water partition coefficient (Wildman–Crippen LogP) is 1.01. The number of aliphatic hydroxyl groups excluding tert-OH is 2. The molecule has 5 N–H and O–H groups in total. The Bertz CT molecular complexity index is 1940. The second-order valence-electron chi connectivity index (χ2n) is 10.2. The van der Waals surface area contributed by atoms with Gasteiger partial charge in [-0.05, 0) is 12.1 Å². The average molecular weight is 711 g/mol. The van der Waals surface area contributed by atoms with E-state index in [9.17, 15) is 33.9 Å². The Morgan fingerprint density at radius 1 is 0.844 bits per heavy atom. The molecule has 6 unspecified atom stereocenters. The first kappa shape index (κ1) is 31.3. The number of nitrogens with zero attached hydrogens (tertiary/aromatic N) is 5. The second kappa shape index (κ2) is 11.4. The van der Waals surface area contributed by atoms with Crippen molar-refractivity contribution in [2.75, 3.05) is 13.2 Å². The zero-order chi connectivity index (χ0) is 31.8. The van der Waals surface area contributed by atoms with Crippen LogP contribution in [0.25, 0.3) is 22.2 Å². The number of H-pyrrole nitrogens is 1. The van der Waals surface area contributed by atoms with Gasteiger partial charge in [0.1, 0.15) is 36.6 Å². The molecular formula is C22H22Cl2N6O13P2. The van der Waals surface area contributed by atoms with Crippen LogP contribution in [0, 0.1) is 0 Å². The molecule has 1 aromatic carbocycles. The molecule has 3 aromatic heterocycles. The lowest BCUT2D eigenvalue weighted by molar-refractivity contribution is -0.0671. The summed E-state index contributed by atoms with van der Waals surface area (Å²) in [4.78, 5) is 48.0. The lowest BCUT2D eigenvalue weighted by Gasteiger charge is -2.25. The third-order valence-corrected chi connectivity index (χ3v) is 10.2. The number of benzene rings is 1. The summed E-state index contributed by atoms with van der Waals surface area (Å²) in [5, 5.41) is 22.6. The van der Waals surface area contributed by atoms with Crippen LogP contribution in [-0.4, -0.2) is 98.9 Å². The summed E-state index contributed by atoms with van der Waals surface area (Å²) in [6.07, 6.45) is -8.83. The highest BCUT2D eigenvalue weighted by molar-refractivity contribution is 7.47. The van der Waals surface area contributed by atoms with Crippen LogP contribution in [0.15, 0.2) is 35.9 Å². The van der Waals surface area contributed by atoms with Gasteiger partial charge in [0, 0.05) is 0 Å². The molecule has 7 rings (SSSR count). The SMILES string of the molecule is O=c1[nH]cnc2c1ncn2[C@@H]1O[C@@H]2COP(=O)(O)OC3C(O)[C@H](n4cnc5cc(Cl)c(Cl)cc54)O[C@@H]3COP(=O)(O)OC1C2O. The highest BCUT2D eigenvalue weighted by Gasteiger charge is 2.53. The summed E-state index contributed by atoms with van der Waals surface area (Å²) in [7, 11) is -10.1. The molecule has 23 heteroatoms. The minimum absolute atomic E-state index is 0.0186. The van der Waals surface area contributed by atoms with Crippen molar-refractivity contribution >= 4 is 61.0 Å². The number of rotatable bonds is 2. The van der Waals surface area contributed by atoms with Gasteiger partial charge >= 0.3 is 15.6 Å². The van der Waals surface area contributed by atoms with E-state index in [-0.39, 0.29) is 21.2 Å². The number of phosphoric acid groups is 2. The summed E-state index contributed by atoms with van der Waals surface area (Å²) < 4.78 is 61.4. The van der Waals surface area contributed by atoms with Gasteiger partial charge in [-0.25, -0.2) is 24.1 Å². The van der Waals surface area contributed by atoms with Gasteiger partial charge in [-0.1, -0.05) is 23.2 Å². The van der Waals surface area contributed by atoms with E-state index in [1.54, 1.807) is 0 Å². The van der Waals surface area contributed by atoms with Gasteiger partial charge in [-0.2, -0.15) is 0 Å². The van der Waals surface area contributed by atoms with Gasteiger partial charge in [0.05, 0.1) is 53.3 Å². The molecule has 2 bridgehead atoms. The van der Waals surface area contributed by atoms with E-state index < -0.39 is 83.5 Å². The number of aromatic amines is 1. The fourth-order valence-electron chi connectivity index (χ4n) is 5.39. The Labute approximate surface area is 260 Å². The average Bonchev–Trinajstić information content (AvgIpc) is 3.73. The third kappa shape index (κ3) is 5.66. The molecule has 0 amide bonds. The van der Waals surface area contributed by atoms with E-state index in [0.29, 0.717) is 11.0 Å². The minimum atomic E-state index is -5.08. The molecular weight excluding hydrogens is 689 g/mol. The van der Waals surface area contributed by atoms with E-state index in [0.717, 1.165) is 12.7 Å². The van der Waals surface area contributed by atoms with Gasteiger partial charge in [0.25, 0.3) is 5.56 Å². The summed E-state index contributed by atoms with van der Waals surface area (Å²) in [6, 6.07) is 2.95. The lowest BCUT2D eigenvalue weighted by Crippen LogP contribution is -2.36. The number of hydrogen-bond acceptors (Lipinski definition) is 14. The monoisotopic (exact) mass is 710 g/mol. The first-order chi connectivity index (χ1) is 21.3. The Kier molecular flexibility index (Phi) is 7.95. The number of nitrogens with one attached hydrogen (secondary N) is 1. The molecule has 6 heterocycles. The number of aromatic nitrogens is 6. The number of phosphoric ester groups is 2. The normalized spacial score (nSPS) is 37.7. The van der Waals surface area contributed by atoms with E-state index in [4.69, 9.17) is 50.8 Å². The van der Waals surface area contributed by atoms with Gasteiger partial charge in [-0.3, -0.25) is 27.5 Å². The van der Waals surface area contributed by atoms with Crippen molar-refractivity contribution in [1.29, 1.82) is 0 Å². The molecule has 45 heavy (non-hydrogen) atoms. The van der Waals surface area contributed by atoms with Crippen molar-refractivity contribution in [2.45, 2.75) is 49.1 Å². The van der Waals surface area contributed by atoms with Crippen molar-refractivity contribution in [3.8, 4) is 0 Å². The maximum Gasteiger partial charge on any atom is 0.472 e. The highest BCUT2D eigenvalue weighted by Crippen LogP contribution is 2.53. The summed E-state index contributed by atoms with van der Waals surface area (Å²) in [6.45, 7) is -1.60. The van der Waals surface area contributed by atoms with E-state index in [1.165, 1.54) is 27.6 Å². The number of halogens is 2. The van der Waals surface area contributed by atoms with Crippen LogP contribution in [0.3, 0.4) is 0 Å². The topological polar surface area (TPSA) is 252 Å². The molecule has 0 saturated carbocycles. The molecule has 0 radical (unpaired) electrons. The highest BCUT2D eigenvalue weighted by atomic mass is 35.5. The van der Waals surface area contributed by atoms with Crippen molar-refractivity contribution in [1.82, 2.24) is 29.1 Å². The molecule has 3 aliphatic heterocycles. The lowest BCUT2D eigenvalue weighted by atomic mass is 10.1. The van der Waals surface area contributed by atoms with Crippen molar-refractivity contribution in [2.24, 2.45) is 0 Å². The molecule has 19 nitrogen and oxygen atoms in total. The number of aliphatic hydroxyl groups is 2. The fraction of sp³-hybridized carbons (Fsp3) is 0.455. The summed E-state index contributed by atoms with van der Waals surface area (Å²) in [5.74, 6) is 0. The summed E-state index contributed by atoms with van der Waals surface area (Å²) >= 11 is 12.2. The Morgan fingerprint density at radius 2 is 1.49 bits per heavy atom. The Balaban J connectivity index is 1.20. The first-order valence-corrected chi connectivity index (χ1v) is 16.8. The first-order valence-electron chi connectivity index (χ1n) is 13.0. The second-order valence-corrected chi connectivity index (χ2v) is 13.9. The number of fused-ring (bicyclic) bond motifs is 5. The van der Waals surface area contributed by atoms with E-state index >= 15 is 0 Å². The van der Waals surface area contributed by atoms with Crippen LogP contribution >= 0.6 is 38.8 Å². The molecule has 10 atom stereocenters. The smallest absolute Gasteiger partial charge is 0.387 e. The fourth-order valence-corrected chi connectivity index (χ4v) is 7.60. The maximum absolute atomic E-state index is 13.2. The van der Waals surface area contributed by atoms with Gasteiger partial charge in [-0.15, -0.1) is 0 Å². The molecule has 3 aliphatic rings. The van der Waals surface area contributed by atoms with Crippen LogP contribution in [0.2, 0.25) is 10.0 Å². The van der Waals surface area contributed by atoms with Crippen molar-refractivity contribution in [3.05, 3.63) is 51.5 Å². The number of ether oxygens (including phenoxy) is 2. The van der Waals surface area contributed by atoms with Crippen LogP contribution in [0.5, 0.6) is 0 Å². The number of imidazole rings is 2. The Morgan fingerprint density at radius 3 is 2.24 bits per heavy atom. The standard InChI is InChI=1S/C22H22Cl2N6O13P2/c23-8-1-10-11(2-9(8)24)29(6-27-10)21-16(32)17-13(41-21)4-39-45(36,37)43-18-15(31)12(3-38-44(34,35)42-17)40-22(18)30-7-28-14-19(30)25-5-26-20(14)33/h1-2,5-7,12-13,15-18,21-22,31-32H,3-4H2,(H,34,35)(H,36,37)(H,25,26,33)/t12-,13-,15?,16?,17?,18?,21-,22-/m1/s1. The maximum atomic E-state index is 13.2. The van der Waals surface area contributed by atoms with Crippen LogP contribution < -0.4 is 5.56 Å². The molecule has 3 saturated heterocycles. The number of hydrogen-bond donors (Lipinski definition) is 5. The quantitative estimate of drug-likeness (QED) is 0.182. The molecule has 242 valence electrons. The zero-order valence-electron chi connectivity index (χ0n) is 22.3. The van der Waals surface area contributed by atoms with Crippen molar-refractivity contribution in [3.63, 3.8) is 0 Å². The minimum Gasteiger partial charge on any atom is -0.387 e. The van der Waals surface area contributed by atoms with Crippen molar-refractivity contribution < 1.29 is 56.7 Å². The van der Waals surface area contributed by atoms with Crippen LogP contribution in [0.4, 0.5) is 0 Å². The van der Waals surface area contributed by atoms with Gasteiger partial charge in [0.15, 0.2) is 23.6 Å². The van der Waals surface area contributed by atoms with Crippen LogP contribution in [-0.2, 0) is 36.7 Å². The largest absolute Gasteiger partial charge is 0.472 e. The van der Waals surface area contributed by atoms with E-state index in [2.05, 4.69) is 19.9 Å². The third-order valence-electron chi connectivity index (χ3n) is 7.47. The summed E-state index contributed by atoms with van der Waals surface area (Å²) in [5.41, 5.74) is 0.0511. The Hall–Kier alpha value is -2.32. The molecule has 0 spiro atoms. The zero-order valence-corrected chi connectivity index (χ0v) is 25.6. The van der Waals surface area contributed by atoms with E-state index in [1.807, 2.05) is 0 Å².